The molecule has 0 aliphatic carbocycles. The molecule has 1 unspecified atom stereocenters. The Bertz CT molecular complexity index is 662. The van der Waals surface area contributed by atoms with Gasteiger partial charge in [-0.1, -0.05) is 23.7 Å². The van der Waals surface area contributed by atoms with E-state index in [1.165, 1.54) is 0 Å². The largest absolute Gasteiger partial charge is 0.495 e. The van der Waals surface area contributed by atoms with E-state index in [1.54, 1.807) is 13.3 Å². The molecule has 0 spiro atoms. The molecule has 1 aromatic heterocycles. The average molecular weight is 335 g/mol. The Morgan fingerprint density at radius 1 is 1.39 bits per heavy atom. The van der Waals surface area contributed by atoms with E-state index >= 15 is 0 Å². The van der Waals surface area contributed by atoms with Crippen LogP contribution in [0.1, 0.15) is 12.8 Å². The highest BCUT2D eigenvalue weighted by Gasteiger charge is 2.16. The normalized spacial score (nSPS) is 17.0. The second-order valence-corrected chi connectivity index (χ2v) is 5.64. The lowest BCUT2D eigenvalue weighted by atomic mass is 10.2. The van der Waals surface area contributed by atoms with E-state index in [2.05, 4.69) is 20.6 Å². The Morgan fingerprint density at radius 3 is 3.04 bits per heavy atom. The van der Waals surface area contributed by atoms with Gasteiger partial charge in [0.1, 0.15) is 10.8 Å². The van der Waals surface area contributed by atoms with Gasteiger partial charge in [0, 0.05) is 13.2 Å². The summed E-state index contributed by atoms with van der Waals surface area (Å²) in [5, 5.41) is 6.85. The van der Waals surface area contributed by atoms with Crippen molar-refractivity contribution in [3.05, 3.63) is 35.5 Å². The lowest BCUT2D eigenvalue weighted by Gasteiger charge is -2.14. The third kappa shape index (κ3) is 4.03. The van der Waals surface area contributed by atoms with Crippen LogP contribution < -0.4 is 15.4 Å². The molecule has 2 aromatic rings. The molecule has 7 heteroatoms. The molecular formula is C16H19ClN4O2. The smallest absolute Gasteiger partial charge is 0.229 e. The second-order valence-electron chi connectivity index (χ2n) is 5.23. The van der Waals surface area contributed by atoms with Crippen LogP contribution >= 0.6 is 11.6 Å². The topological polar surface area (TPSA) is 68.3 Å². The van der Waals surface area contributed by atoms with E-state index in [1.807, 2.05) is 24.3 Å². The Morgan fingerprint density at radius 2 is 2.26 bits per heavy atom. The number of hydrogen-bond donors (Lipinski definition) is 2. The first-order valence-corrected chi connectivity index (χ1v) is 7.92. The molecule has 122 valence electrons. The van der Waals surface area contributed by atoms with Gasteiger partial charge in [-0.15, -0.1) is 0 Å². The summed E-state index contributed by atoms with van der Waals surface area (Å²) in [7, 11) is 1.62. The Balaban J connectivity index is 1.71. The van der Waals surface area contributed by atoms with Crippen LogP contribution in [0.3, 0.4) is 0 Å². The van der Waals surface area contributed by atoms with Gasteiger partial charge in [-0.25, -0.2) is 4.98 Å². The zero-order chi connectivity index (χ0) is 16.1. The van der Waals surface area contributed by atoms with Crippen LogP contribution in [0.2, 0.25) is 5.02 Å². The summed E-state index contributed by atoms with van der Waals surface area (Å²) in [6, 6.07) is 7.59. The fourth-order valence-corrected chi connectivity index (χ4v) is 2.59. The summed E-state index contributed by atoms with van der Waals surface area (Å²) in [5.74, 6) is 1.77. The molecule has 1 fully saturated rings. The molecule has 1 atom stereocenters. The van der Waals surface area contributed by atoms with Crippen LogP contribution in [0.15, 0.2) is 30.5 Å². The second kappa shape index (κ2) is 7.48. The van der Waals surface area contributed by atoms with E-state index < -0.39 is 0 Å². The van der Waals surface area contributed by atoms with Crippen LogP contribution in [-0.2, 0) is 4.74 Å². The van der Waals surface area contributed by atoms with Gasteiger partial charge in [-0.2, -0.15) is 4.98 Å². The minimum absolute atomic E-state index is 0.214. The van der Waals surface area contributed by atoms with E-state index in [0.717, 1.165) is 30.9 Å². The standard InChI is InChI=1S/C16H19ClN4O2/c1-22-14-7-3-2-6-13(14)20-16-19-10-12(17)15(21-16)18-9-11-5-4-8-23-11/h2-3,6-7,10-11H,4-5,8-9H2,1H3,(H2,18,19,20,21). The molecule has 1 aromatic carbocycles. The van der Waals surface area contributed by atoms with Crippen LogP contribution in [0.5, 0.6) is 5.75 Å². The van der Waals surface area contributed by atoms with Crippen LogP contribution in [-0.4, -0.2) is 36.3 Å². The minimum atomic E-state index is 0.214. The maximum atomic E-state index is 6.16. The van der Waals surface area contributed by atoms with Crippen molar-refractivity contribution in [2.75, 3.05) is 30.9 Å². The molecule has 23 heavy (non-hydrogen) atoms. The molecule has 3 rings (SSSR count). The SMILES string of the molecule is COc1ccccc1Nc1ncc(Cl)c(NCC2CCCO2)n1. The quantitative estimate of drug-likeness (QED) is 0.843. The van der Waals surface area contributed by atoms with Gasteiger partial charge < -0.3 is 20.1 Å². The van der Waals surface area contributed by atoms with Gasteiger partial charge in [-0.3, -0.25) is 0 Å². The Kier molecular flexibility index (Phi) is 5.15. The zero-order valence-corrected chi connectivity index (χ0v) is 13.6. The number of ether oxygens (including phenoxy) is 2. The van der Waals surface area contributed by atoms with Gasteiger partial charge in [-0.05, 0) is 25.0 Å². The van der Waals surface area contributed by atoms with E-state index in [0.29, 0.717) is 23.3 Å². The third-order valence-electron chi connectivity index (χ3n) is 3.62. The van der Waals surface area contributed by atoms with Crippen molar-refractivity contribution in [2.24, 2.45) is 0 Å². The molecule has 2 heterocycles. The molecule has 6 nitrogen and oxygen atoms in total. The first-order chi connectivity index (χ1) is 11.3. The summed E-state index contributed by atoms with van der Waals surface area (Å²) in [5.41, 5.74) is 0.794. The average Bonchev–Trinajstić information content (AvgIpc) is 3.09. The van der Waals surface area contributed by atoms with Crippen molar-refractivity contribution in [3.63, 3.8) is 0 Å². The number of anilines is 3. The molecule has 0 radical (unpaired) electrons. The fraction of sp³-hybridized carbons (Fsp3) is 0.375. The molecule has 0 amide bonds. The number of rotatable bonds is 6. The highest BCUT2D eigenvalue weighted by atomic mass is 35.5. The van der Waals surface area contributed by atoms with E-state index in [4.69, 9.17) is 21.1 Å². The van der Waals surface area contributed by atoms with Gasteiger partial charge in [0.25, 0.3) is 0 Å². The van der Waals surface area contributed by atoms with Gasteiger partial charge in [0.2, 0.25) is 5.95 Å². The van der Waals surface area contributed by atoms with Gasteiger partial charge in [0.05, 0.1) is 25.1 Å². The molecule has 2 N–H and O–H groups in total. The summed E-state index contributed by atoms with van der Waals surface area (Å²) in [6.07, 6.45) is 3.95. The number of nitrogens with zero attached hydrogens (tertiary/aromatic N) is 2. The van der Waals surface area contributed by atoms with Crippen molar-refractivity contribution in [2.45, 2.75) is 18.9 Å². The molecule has 0 bridgehead atoms. The number of para-hydroxylation sites is 2. The predicted molar refractivity (Wildman–Crippen MR) is 90.8 cm³/mol. The maximum Gasteiger partial charge on any atom is 0.229 e. The van der Waals surface area contributed by atoms with Crippen molar-refractivity contribution < 1.29 is 9.47 Å². The molecule has 0 saturated carbocycles. The number of halogens is 1. The number of methoxy groups -OCH3 is 1. The van der Waals surface area contributed by atoms with Crippen molar-refractivity contribution in [1.29, 1.82) is 0 Å². The van der Waals surface area contributed by atoms with E-state index in [-0.39, 0.29) is 6.10 Å². The summed E-state index contributed by atoms with van der Waals surface area (Å²) in [4.78, 5) is 8.64. The van der Waals surface area contributed by atoms with E-state index in [9.17, 15) is 0 Å². The summed E-state index contributed by atoms with van der Waals surface area (Å²) in [6.45, 7) is 1.51. The monoisotopic (exact) mass is 334 g/mol. The summed E-state index contributed by atoms with van der Waals surface area (Å²) >= 11 is 6.16. The minimum Gasteiger partial charge on any atom is -0.495 e. The molecule has 1 aliphatic rings. The van der Waals surface area contributed by atoms with Gasteiger partial charge >= 0.3 is 0 Å². The highest BCUT2D eigenvalue weighted by Crippen LogP contribution is 2.27. The summed E-state index contributed by atoms with van der Waals surface area (Å²) < 4.78 is 10.9. The number of aromatic nitrogens is 2. The first kappa shape index (κ1) is 15.8. The lowest BCUT2D eigenvalue weighted by Crippen LogP contribution is -2.19. The third-order valence-corrected chi connectivity index (χ3v) is 3.90. The van der Waals surface area contributed by atoms with Crippen molar-refractivity contribution in [3.8, 4) is 5.75 Å². The zero-order valence-electron chi connectivity index (χ0n) is 12.9. The number of benzene rings is 1. The maximum absolute atomic E-state index is 6.16. The molecule has 1 aliphatic heterocycles. The highest BCUT2D eigenvalue weighted by molar-refractivity contribution is 6.32. The van der Waals surface area contributed by atoms with Crippen LogP contribution in [0, 0.1) is 0 Å². The van der Waals surface area contributed by atoms with Crippen molar-refractivity contribution in [1.82, 2.24) is 9.97 Å². The first-order valence-electron chi connectivity index (χ1n) is 7.54. The van der Waals surface area contributed by atoms with Gasteiger partial charge in [0.15, 0.2) is 5.82 Å². The Labute approximate surface area is 140 Å². The predicted octanol–water partition coefficient (Wildman–Crippen LogP) is 3.47. The Hall–Kier alpha value is -2.05. The van der Waals surface area contributed by atoms with Crippen LogP contribution in [0.25, 0.3) is 0 Å². The number of hydrogen-bond acceptors (Lipinski definition) is 6. The van der Waals surface area contributed by atoms with Crippen LogP contribution in [0.4, 0.5) is 17.5 Å². The number of nitrogens with one attached hydrogen (secondary N) is 2. The fourth-order valence-electron chi connectivity index (χ4n) is 2.44. The molecular weight excluding hydrogens is 316 g/mol. The lowest BCUT2D eigenvalue weighted by molar-refractivity contribution is 0.120. The molecule has 1 saturated heterocycles. The van der Waals surface area contributed by atoms with Crippen molar-refractivity contribution >= 4 is 29.1 Å².